The van der Waals surface area contributed by atoms with Crippen molar-refractivity contribution in [3.8, 4) is 0 Å². The number of nitrogens with one attached hydrogen (secondary N) is 1. The molecule has 0 radical (unpaired) electrons. The van der Waals surface area contributed by atoms with Gasteiger partial charge in [-0.25, -0.2) is 4.79 Å². The first kappa shape index (κ1) is 23.8. The molecule has 0 unspecified atom stereocenters. The highest BCUT2D eigenvalue weighted by molar-refractivity contribution is 6.03. The zero-order valence-electron chi connectivity index (χ0n) is 19.9. The molecule has 3 rings (SSSR count). The third-order valence-electron chi connectivity index (χ3n) is 6.05. The van der Waals surface area contributed by atoms with Crippen LogP contribution in [0.1, 0.15) is 72.6 Å². The van der Waals surface area contributed by atoms with Crippen LogP contribution in [0.5, 0.6) is 0 Å². The number of amides is 3. The molecule has 2 fully saturated rings. The lowest BCUT2D eigenvalue weighted by Gasteiger charge is -2.37. The molecule has 1 aromatic heterocycles. The quantitative estimate of drug-likeness (QED) is 0.719. The van der Waals surface area contributed by atoms with Crippen LogP contribution in [-0.2, 0) is 9.53 Å². The number of ether oxygens (including phenoxy) is 1. The summed E-state index contributed by atoms with van der Waals surface area (Å²) in [7, 11) is 0. The Labute approximate surface area is 189 Å². The summed E-state index contributed by atoms with van der Waals surface area (Å²) < 4.78 is 5.41. The fraction of sp³-hybridized carbons (Fsp3) is 0.652. The Bertz CT molecular complexity index is 922. The number of Topliss-reactive ketones (excluding diaryl/α,β-unsaturated/α-hetero) is 1. The van der Waals surface area contributed by atoms with Gasteiger partial charge in [-0.1, -0.05) is 0 Å². The molecule has 2 aliphatic heterocycles. The number of likely N-dealkylation sites (tertiary alicyclic amines) is 1. The largest absolute Gasteiger partial charge is 0.444 e. The van der Waals surface area contributed by atoms with Crippen LogP contribution in [0.4, 0.5) is 4.79 Å². The number of aryl methyl sites for hydroxylation is 1. The van der Waals surface area contributed by atoms with Crippen molar-refractivity contribution in [1.29, 1.82) is 0 Å². The van der Waals surface area contributed by atoms with Crippen molar-refractivity contribution in [2.24, 2.45) is 0 Å². The molecule has 176 valence electrons. The van der Waals surface area contributed by atoms with Crippen LogP contribution in [-0.4, -0.2) is 87.7 Å². The number of rotatable bonds is 3. The zero-order valence-corrected chi connectivity index (χ0v) is 19.9. The number of ketones is 1. The number of hydrogen-bond acceptors (Lipinski definition) is 5. The monoisotopic (exact) mass is 446 g/mol. The number of hydrogen-bond donors (Lipinski definition) is 1. The second kappa shape index (κ2) is 8.96. The molecule has 9 heteroatoms. The standard InChI is InChI=1S/C23H34N4O5/c1-14-18(16(3)28)15(2)24-19(14)21(30)27-9-7-8-17(27)20(29)25-10-12-26(13-11-25)22(31)32-23(4,5)6/h17,24H,7-13H2,1-6H3/t17-/m1/s1. The van der Waals surface area contributed by atoms with Crippen molar-refractivity contribution in [2.45, 2.75) is 66.0 Å². The molecule has 9 nitrogen and oxygen atoms in total. The van der Waals surface area contributed by atoms with Gasteiger partial charge in [0.1, 0.15) is 17.3 Å². The summed E-state index contributed by atoms with van der Waals surface area (Å²) in [5.41, 5.74) is 1.64. The number of H-pyrrole nitrogens is 1. The van der Waals surface area contributed by atoms with Crippen molar-refractivity contribution >= 4 is 23.7 Å². The van der Waals surface area contributed by atoms with Crippen LogP contribution in [0, 0.1) is 13.8 Å². The first-order valence-electron chi connectivity index (χ1n) is 11.2. The van der Waals surface area contributed by atoms with E-state index in [1.54, 1.807) is 28.5 Å². The molecule has 3 heterocycles. The Morgan fingerprint density at radius 3 is 2.09 bits per heavy atom. The highest BCUT2D eigenvalue weighted by atomic mass is 16.6. The molecule has 2 saturated heterocycles. The van der Waals surface area contributed by atoms with E-state index in [0.29, 0.717) is 61.7 Å². The van der Waals surface area contributed by atoms with Crippen molar-refractivity contribution in [2.75, 3.05) is 32.7 Å². The molecule has 2 aliphatic rings. The second-order valence-corrected chi connectivity index (χ2v) is 9.63. The van der Waals surface area contributed by atoms with Crippen LogP contribution >= 0.6 is 0 Å². The van der Waals surface area contributed by atoms with Crippen molar-refractivity contribution < 1.29 is 23.9 Å². The minimum Gasteiger partial charge on any atom is -0.444 e. The third-order valence-corrected chi connectivity index (χ3v) is 6.05. The molecule has 1 N–H and O–H groups in total. The fourth-order valence-electron chi connectivity index (χ4n) is 4.55. The number of nitrogens with zero attached hydrogens (tertiary/aromatic N) is 3. The SMILES string of the molecule is CC(=O)c1c(C)[nH]c(C(=O)N2CCC[C@@H]2C(=O)N2CCN(C(=O)OC(C)(C)C)CC2)c1C. The predicted octanol–water partition coefficient (Wildman–Crippen LogP) is 2.52. The van der Waals surface area contributed by atoms with Crippen molar-refractivity contribution in [3.05, 3.63) is 22.5 Å². The van der Waals surface area contributed by atoms with E-state index < -0.39 is 11.6 Å². The van der Waals surface area contributed by atoms with Gasteiger partial charge in [0.15, 0.2) is 5.78 Å². The lowest BCUT2D eigenvalue weighted by atomic mass is 10.1. The average molecular weight is 447 g/mol. The van der Waals surface area contributed by atoms with Gasteiger partial charge in [0.05, 0.1) is 0 Å². The predicted molar refractivity (Wildman–Crippen MR) is 119 cm³/mol. The van der Waals surface area contributed by atoms with Crippen LogP contribution in [0.2, 0.25) is 0 Å². The summed E-state index contributed by atoms with van der Waals surface area (Å²) in [6.07, 6.45) is 0.981. The highest BCUT2D eigenvalue weighted by Gasteiger charge is 2.39. The van der Waals surface area contributed by atoms with Gasteiger partial charge in [-0.2, -0.15) is 0 Å². The van der Waals surface area contributed by atoms with Gasteiger partial charge in [0, 0.05) is 44.0 Å². The molecule has 0 bridgehead atoms. The van der Waals surface area contributed by atoms with E-state index >= 15 is 0 Å². The molecule has 0 aromatic carbocycles. The molecular formula is C23H34N4O5. The van der Waals surface area contributed by atoms with Gasteiger partial charge in [-0.3, -0.25) is 14.4 Å². The van der Waals surface area contributed by atoms with Crippen LogP contribution < -0.4 is 0 Å². The van der Waals surface area contributed by atoms with Gasteiger partial charge in [0.2, 0.25) is 5.91 Å². The minimum absolute atomic E-state index is 0.0904. The Balaban J connectivity index is 1.67. The number of carbonyl (C=O) groups excluding carboxylic acids is 4. The number of piperazine rings is 1. The summed E-state index contributed by atoms with van der Waals surface area (Å²) in [4.78, 5) is 58.7. The summed E-state index contributed by atoms with van der Waals surface area (Å²) >= 11 is 0. The van der Waals surface area contributed by atoms with E-state index in [0.717, 1.165) is 6.42 Å². The van der Waals surface area contributed by atoms with E-state index in [9.17, 15) is 19.2 Å². The molecular weight excluding hydrogens is 412 g/mol. The molecule has 1 atom stereocenters. The van der Waals surface area contributed by atoms with Crippen LogP contribution in [0.25, 0.3) is 0 Å². The maximum atomic E-state index is 13.3. The first-order valence-corrected chi connectivity index (χ1v) is 11.2. The summed E-state index contributed by atoms with van der Waals surface area (Å²) in [6, 6.07) is -0.528. The highest BCUT2D eigenvalue weighted by Crippen LogP contribution is 2.26. The number of aromatic nitrogens is 1. The van der Waals surface area contributed by atoms with Gasteiger partial charge in [-0.15, -0.1) is 0 Å². The molecule has 1 aromatic rings. The number of carbonyl (C=O) groups is 4. The summed E-state index contributed by atoms with van der Waals surface area (Å²) in [5, 5.41) is 0. The Kier molecular flexibility index (Phi) is 6.67. The van der Waals surface area contributed by atoms with Gasteiger partial charge in [-0.05, 0) is 59.9 Å². The first-order chi connectivity index (χ1) is 14.9. The Morgan fingerprint density at radius 2 is 1.56 bits per heavy atom. The fourth-order valence-corrected chi connectivity index (χ4v) is 4.55. The normalized spacial score (nSPS) is 19.3. The minimum atomic E-state index is -0.564. The van der Waals surface area contributed by atoms with Gasteiger partial charge >= 0.3 is 6.09 Å². The lowest BCUT2D eigenvalue weighted by molar-refractivity contribution is -0.137. The van der Waals surface area contributed by atoms with E-state index in [1.807, 2.05) is 20.8 Å². The van der Waals surface area contributed by atoms with Crippen LogP contribution in [0.15, 0.2) is 0 Å². The maximum Gasteiger partial charge on any atom is 0.410 e. The van der Waals surface area contributed by atoms with E-state index in [4.69, 9.17) is 4.74 Å². The van der Waals surface area contributed by atoms with Gasteiger partial charge in [0.25, 0.3) is 5.91 Å². The summed E-state index contributed by atoms with van der Waals surface area (Å²) in [5.74, 6) is -0.430. The molecule has 0 saturated carbocycles. The molecule has 3 amide bonds. The van der Waals surface area contributed by atoms with Crippen molar-refractivity contribution in [1.82, 2.24) is 19.7 Å². The zero-order chi connectivity index (χ0) is 23.8. The Morgan fingerprint density at radius 1 is 0.969 bits per heavy atom. The average Bonchev–Trinajstić information content (AvgIpc) is 3.30. The molecule has 0 aliphatic carbocycles. The van der Waals surface area contributed by atoms with Crippen LogP contribution in [0.3, 0.4) is 0 Å². The summed E-state index contributed by atoms with van der Waals surface area (Å²) in [6.45, 7) is 12.6. The van der Waals surface area contributed by atoms with E-state index in [2.05, 4.69) is 4.98 Å². The lowest BCUT2D eigenvalue weighted by Crippen LogP contribution is -2.55. The second-order valence-electron chi connectivity index (χ2n) is 9.63. The Hall–Kier alpha value is -2.84. The number of aromatic amines is 1. The third kappa shape index (κ3) is 4.81. The maximum absolute atomic E-state index is 13.3. The van der Waals surface area contributed by atoms with E-state index in [1.165, 1.54) is 6.92 Å². The smallest absolute Gasteiger partial charge is 0.410 e. The molecule has 32 heavy (non-hydrogen) atoms. The van der Waals surface area contributed by atoms with E-state index in [-0.39, 0.29) is 23.7 Å². The topological polar surface area (TPSA) is 103 Å². The van der Waals surface area contributed by atoms with Crippen molar-refractivity contribution in [3.63, 3.8) is 0 Å². The molecule has 0 spiro atoms. The van der Waals surface area contributed by atoms with Gasteiger partial charge < -0.3 is 24.4 Å².